The summed E-state index contributed by atoms with van der Waals surface area (Å²) >= 11 is 0. The molecule has 106 valence electrons. The fourth-order valence-electron chi connectivity index (χ4n) is 2.37. The SMILES string of the molecule is COC(=O)C(COC1CCCCCC1)NC(C)C. The summed E-state index contributed by atoms with van der Waals surface area (Å²) in [6.45, 7) is 4.44. The molecule has 1 unspecified atom stereocenters. The topological polar surface area (TPSA) is 47.6 Å². The normalized spacial score (nSPS) is 19.6. The third-order valence-corrected chi connectivity index (χ3v) is 3.32. The third-order valence-electron chi connectivity index (χ3n) is 3.32. The van der Waals surface area contributed by atoms with Crippen molar-refractivity contribution in [3.63, 3.8) is 0 Å². The molecule has 1 fully saturated rings. The molecule has 18 heavy (non-hydrogen) atoms. The van der Waals surface area contributed by atoms with Crippen molar-refractivity contribution in [3.8, 4) is 0 Å². The molecule has 1 aliphatic carbocycles. The Labute approximate surface area is 110 Å². The van der Waals surface area contributed by atoms with Crippen LogP contribution in [-0.4, -0.2) is 37.9 Å². The molecule has 0 heterocycles. The second-order valence-corrected chi connectivity index (χ2v) is 5.34. The molecule has 0 aromatic rings. The van der Waals surface area contributed by atoms with E-state index in [0.717, 1.165) is 12.8 Å². The Bertz CT molecular complexity index is 235. The molecule has 4 nitrogen and oxygen atoms in total. The summed E-state index contributed by atoms with van der Waals surface area (Å²) in [4.78, 5) is 11.6. The van der Waals surface area contributed by atoms with Crippen LogP contribution in [0.3, 0.4) is 0 Å². The van der Waals surface area contributed by atoms with Gasteiger partial charge in [0, 0.05) is 6.04 Å². The highest BCUT2D eigenvalue weighted by molar-refractivity contribution is 5.75. The van der Waals surface area contributed by atoms with Gasteiger partial charge in [-0.25, -0.2) is 0 Å². The van der Waals surface area contributed by atoms with E-state index in [0.29, 0.717) is 12.7 Å². The first kappa shape index (κ1) is 15.4. The number of ether oxygens (including phenoxy) is 2. The van der Waals surface area contributed by atoms with Gasteiger partial charge in [0.15, 0.2) is 0 Å². The van der Waals surface area contributed by atoms with Crippen LogP contribution in [0.4, 0.5) is 0 Å². The minimum atomic E-state index is -0.349. The summed E-state index contributed by atoms with van der Waals surface area (Å²) in [7, 11) is 1.42. The Hall–Kier alpha value is -0.610. The first-order valence-electron chi connectivity index (χ1n) is 7.09. The molecule has 1 N–H and O–H groups in total. The Kier molecular flexibility index (Phi) is 7.28. The van der Waals surface area contributed by atoms with Gasteiger partial charge in [-0.05, 0) is 12.8 Å². The molecule has 1 rings (SSSR count). The van der Waals surface area contributed by atoms with Gasteiger partial charge in [-0.1, -0.05) is 39.5 Å². The van der Waals surface area contributed by atoms with Crippen LogP contribution in [0.5, 0.6) is 0 Å². The molecular weight excluding hydrogens is 230 g/mol. The number of carbonyl (C=O) groups excluding carboxylic acids is 1. The first-order chi connectivity index (χ1) is 8.63. The number of esters is 1. The second-order valence-electron chi connectivity index (χ2n) is 5.34. The Balaban J connectivity index is 2.37. The molecule has 0 amide bonds. The predicted octanol–water partition coefficient (Wildman–Crippen LogP) is 2.27. The maximum Gasteiger partial charge on any atom is 0.325 e. The monoisotopic (exact) mass is 257 g/mol. The van der Waals surface area contributed by atoms with E-state index >= 15 is 0 Å². The molecule has 0 saturated heterocycles. The third kappa shape index (κ3) is 5.83. The van der Waals surface area contributed by atoms with Gasteiger partial charge in [0.2, 0.25) is 0 Å². The van der Waals surface area contributed by atoms with E-state index < -0.39 is 0 Å². The van der Waals surface area contributed by atoms with Crippen molar-refractivity contribution >= 4 is 5.97 Å². The number of nitrogens with one attached hydrogen (secondary N) is 1. The molecule has 0 bridgehead atoms. The average molecular weight is 257 g/mol. The van der Waals surface area contributed by atoms with Crippen LogP contribution >= 0.6 is 0 Å². The quantitative estimate of drug-likeness (QED) is 0.586. The zero-order chi connectivity index (χ0) is 13.4. The van der Waals surface area contributed by atoms with Crippen LogP contribution in [0, 0.1) is 0 Å². The standard InChI is InChI=1S/C14H27NO3/c1-11(2)15-13(14(16)17-3)10-18-12-8-6-4-5-7-9-12/h11-13,15H,4-10H2,1-3H3. The highest BCUT2D eigenvalue weighted by Gasteiger charge is 2.22. The summed E-state index contributed by atoms with van der Waals surface area (Å²) < 4.78 is 10.7. The maximum absolute atomic E-state index is 11.6. The Morgan fingerprint density at radius 2 is 1.83 bits per heavy atom. The second kappa shape index (κ2) is 8.48. The smallest absolute Gasteiger partial charge is 0.325 e. The molecule has 4 heteroatoms. The van der Waals surface area contributed by atoms with Gasteiger partial charge in [0.25, 0.3) is 0 Å². The molecule has 0 aliphatic heterocycles. The van der Waals surface area contributed by atoms with Gasteiger partial charge in [0.05, 0.1) is 19.8 Å². The highest BCUT2D eigenvalue weighted by atomic mass is 16.5. The summed E-state index contributed by atoms with van der Waals surface area (Å²) in [5.41, 5.74) is 0. The van der Waals surface area contributed by atoms with E-state index in [1.165, 1.54) is 32.8 Å². The first-order valence-corrected chi connectivity index (χ1v) is 7.09. The number of rotatable bonds is 6. The molecule has 1 saturated carbocycles. The van der Waals surface area contributed by atoms with Gasteiger partial charge in [-0.3, -0.25) is 4.79 Å². The zero-order valence-corrected chi connectivity index (χ0v) is 11.9. The van der Waals surface area contributed by atoms with E-state index in [9.17, 15) is 4.79 Å². The van der Waals surface area contributed by atoms with Crippen molar-refractivity contribution < 1.29 is 14.3 Å². The number of hydrogen-bond donors (Lipinski definition) is 1. The van der Waals surface area contributed by atoms with Crippen molar-refractivity contribution in [2.75, 3.05) is 13.7 Å². The molecular formula is C14H27NO3. The molecule has 1 aliphatic rings. The van der Waals surface area contributed by atoms with Crippen LogP contribution in [-0.2, 0) is 14.3 Å². The van der Waals surface area contributed by atoms with Crippen molar-refractivity contribution in [2.45, 2.75) is 70.6 Å². The fraction of sp³-hybridized carbons (Fsp3) is 0.929. The number of methoxy groups -OCH3 is 1. The lowest BCUT2D eigenvalue weighted by molar-refractivity contribution is -0.145. The largest absolute Gasteiger partial charge is 0.468 e. The van der Waals surface area contributed by atoms with Crippen molar-refractivity contribution in [3.05, 3.63) is 0 Å². The van der Waals surface area contributed by atoms with Gasteiger partial charge >= 0.3 is 5.97 Å². The molecule has 0 aromatic heterocycles. The van der Waals surface area contributed by atoms with Crippen LogP contribution in [0.15, 0.2) is 0 Å². The fourth-order valence-corrected chi connectivity index (χ4v) is 2.37. The van der Waals surface area contributed by atoms with Crippen LogP contribution < -0.4 is 5.32 Å². The predicted molar refractivity (Wildman–Crippen MR) is 71.5 cm³/mol. The average Bonchev–Trinajstić information content (AvgIpc) is 2.61. The van der Waals surface area contributed by atoms with E-state index in [2.05, 4.69) is 5.32 Å². The Morgan fingerprint density at radius 3 is 2.33 bits per heavy atom. The van der Waals surface area contributed by atoms with E-state index in [4.69, 9.17) is 9.47 Å². The number of hydrogen-bond acceptors (Lipinski definition) is 4. The van der Waals surface area contributed by atoms with E-state index in [-0.39, 0.29) is 18.1 Å². The van der Waals surface area contributed by atoms with Crippen molar-refractivity contribution in [1.29, 1.82) is 0 Å². The summed E-state index contributed by atoms with van der Waals surface area (Å²) in [6, 6.07) is -0.106. The lowest BCUT2D eigenvalue weighted by Gasteiger charge is -2.22. The minimum absolute atomic E-state index is 0.239. The van der Waals surface area contributed by atoms with Gasteiger partial charge in [-0.15, -0.1) is 0 Å². The van der Waals surface area contributed by atoms with Crippen molar-refractivity contribution in [2.24, 2.45) is 0 Å². The number of carbonyl (C=O) groups is 1. The van der Waals surface area contributed by atoms with Crippen LogP contribution in [0.25, 0.3) is 0 Å². The molecule has 0 radical (unpaired) electrons. The van der Waals surface area contributed by atoms with Gasteiger partial charge in [-0.2, -0.15) is 0 Å². The lowest BCUT2D eigenvalue weighted by Crippen LogP contribution is -2.45. The van der Waals surface area contributed by atoms with E-state index in [1.807, 2.05) is 13.8 Å². The minimum Gasteiger partial charge on any atom is -0.468 e. The van der Waals surface area contributed by atoms with Gasteiger partial charge < -0.3 is 14.8 Å². The van der Waals surface area contributed by atoms with Crippen LogP contribution in [0.1, 0.15) is 52.4 Å². The van der Waals surface area contributed by atoms with E-state index in [1.54, 1.807) is 0 Å². The maximum atomic E-state index is 11.6. The summed E-state index contributed by atoms with van der Waals surface area (Å²) in [5.74, 6) is -0.239. The molecule has 0 aromatic carbocycles. The summed E-state index contributed by atoms with van der Waals surface area (Å²) in [6.07, 6.45) is 7.66. The molecule has 0 spiro atoms. The van der Waals surface area contributed by atoms with Crippen LogP contribution in [0.2, 0.25) is 0 Å². The summed E-state index contributed by atoms with van der Waals surface area (Å²) in [5, 5.41) is 3.19. The van der Waals surface area contributed by atoms with Gasteiger partial charge in [0.1, 0.15) is 6.04 Å². The molecule has 1 atom stereocenters. The highest BCUT2D eigenvalue weighted by Crippen LogP contribution is 2.19. The zero-order valence-electron chi connectivity index (χ0n) is 11.9. The lowest BCUT2D eigenvalue weighted by atomic mass is 10.1. The Morgan fingerprint density at radius 1 is 1.22 bits per heavy atom. The van der Waals surface area contributed by atoms with Crippen molar-refractivity contribution in [1.82, 2.24) is 5.32 Å².